The number of nitrogens with two attached hydrogens (primary N) is 1. The summed E-state index contributed by atoms with van der Waals surface area (Å²) in [4.78, 5) is 35.8. The van der Waals surface area contributed by atoms with Crippen LogP contribution in [0.1, 0.15) is 23.2 Å². The molecule has 1 aromatic heterocycles. The highest BCUT2D eigenvalue weighted by Gasteiger charge is 2.25. The van der Waals surface area contributed by atoms with Crippen molar-refractivity contribution in [2.45, 2.75) is 25.5 Å². The van der Waals surface area contributed by atoms with E-state index in [4.69, 9.17) is 10.5 Å². The molecule has 33 heavy (non-hydrogen) atoms. The molecule has 0 radical (unpaired) electrons. The number of para-hydroxylation sites is 1. The summed E-state index contributed by atoms with van der Waals surface area (Å²) >= 11 is 0. The molecule has 1 amide bonds. The van der Waals surface area contributed by atoms with Crippen molar-refractivity contribution in [3.05, 3.63) is 70.3 Å². The van der Waals surface area contributed by atoms with Gasteiger partial charge in [-0.1, -0.05) is 47.7 Å². The molecule has 0 fully saturated rings. The molecule has 4 N–H and O–H groups in total. The number of hydrogen-bond donors (Lipinski definition) is 3. The zero-order valence-electron chi connectivity index (χ0n) is 17.5. The predicted molar refractivity (Wildman–Crippen MR) is 118 cm³/mol. The number of carbonyl (C=O) groups excluding carboxylic acids is 2. The number of fused-ring (bicyclic) bond motifs is 1. The Labute approximate surface area is 187 Å². The lowest BCUT2D eigenvalue weighted by Crippen LogP contribution is -2.44. The van der Waals surface area contributed by atoms with E-state index in [0.29, 0.717) is 17.5 Å². The zero-order valence-corrected chi connectivity index (χ0v) is 17.5. The van der Waals surface area contributed by atoms with Crippen LogP contribution < -0.4 is 16.4 Å². The van der Waals surface area contributed by atoms with E-state index in [9.17, 15) is 19.7 Å². The molecule has 3 rings (SSSR count). The van der Waals surface area contributed by atoms with Crippen LogP contribution in [-0.4, -0.2) is 50.6 Å². The van der Waals surface area contributed by atoms with Gasteiger partial charge in [0.2, 0.25) is 0 Å². The Morgan fingerprint density at radius 1 is 1.18 bits per heavy atom. The van der Waals surface area contributed by atoms with Gasteiger partial charge in [0.1, 0.15) is 23.3 Å². The van der Waals surface area contributed by atoms with Gasteiger partial charge in [-0.2, -0.15) is 4.68 Å². The number of hydrazone groups is 1. The second-order valence-electron chi connectivity index (χ2n) is 6.88. The Kier molecular flexibility index (Phi) is 7.83. The predicted octanol–water partition coefficient (Wildman–Crippen LogP) is 1.24. The number of aromatic nitrogens is 3. The van der Waals surface area contributed by atoms with Gasteiger partial charge in [-0.25, -0.2) is 14.9 Å². The molecule has 0 saturated heterocycles. The van der Waals surface area contributed by atoms with Gasteiger partial charge < -0.3 is 21.1 Å². The van der Waals surface area contributed by atoms with Crippen LogP contribution in [0.3, 0.4) is 0 Å². The third-order valence-corrected chi connectivity index (χ3v) is 4.53. The average molecular weight is 454 g/mol. The molecule has 3 aromatic rings. The molecule has 13 nitrogen and oxygen atoms in total. The number of amides is 1. The molecule has 0 bridgehead atoms. The molecule has 0 aliphatic heterocycles. The lowest BCUT2D eigenvalue weighted by Gasteiger charge is -2.17. The minimum atomic E-state index is -0.992. The number of guanidine groups is 1. The maximum absolute atomic E-state index is 13.1. The molecular weight excluding hydrogens is 432 g/mol. The Balaban J connectivity index is 1.66. The third-order valence-electron chi connectivity index (χ3n) is 4.53. The average Bonchev–Trinajstić information content (AvgIpc) is 3.23. The van der Waals surface area contributed by atoms with Crippen molar-refractivity contribution in [3.8, 4) is 0 Å². The van der Waals surface area contributed by atoms with Gasteiger partial charge >= 0.3 is 6.09 Å². The van der Waals surface area contributed by atoms with E-state index in [1.54, 1.807) is 36.4 Å². The SMILES string of the molecule is N/C(=N\[N+](=O)[O-])NCCC[C@H](NC(=O)OCc1ccccc1)C(=O)n1nnc2ccccc21. The minimum Gasteiger partial charge on any atom is -0.445 e. The number of rotatable bonds is 9. The second kappa shape index (κ2) is 11.2. The van der Waals surface area contributed by atoms with E-state index < -0.39 is 23.1 Å². The third kappa shape index (κ3) is 6.72. The lowest BCUT2D eigenvalue weighted by molar-refractivity contribution is -0.485. The first kappa shape index (κ1) is 23.1. The van der Waals surface area contributed by atoms with Gasteiger partial charge in [0.05, 0.1) is 5.52 Å². The van der Waals surface area contributed by atoms with Crippen LogP contribution in [0.4, 0.5) is 4.79 Å². The van der Waals surface area contributed by atoms with Gasteiger partial charge in [0.15, 0.2) is 5.03 Å². The van der Waals surface area contributed by atoms with Gasteiger partial charge in [-0.15, -0.1) is 5.10 Å². The molecule has 0 aliphatic carbocycles. The Hall–Kier alpha value is -4.55. The standard InChI is InChI=1S/C20H22N8O5/c21-19(25-28(31)32)22-12-6-10-16(23-20(30)33-13-14-7-2-1-3-8-14)18(29)27-17-11-5-4-9-15(17)24-26-27/h1-5,7-9,11,16H,6,10,12-13H2,(H,23,30)(H3,21,22,25)/t16-/m0/s1. The summed E-state index contributed by atoms with van der Waals surface area (Å²) in [6, 6.07) is 15.0. The fourth-order valence-electron chi connectivity index (χ4n) is 2.99. The number of benzene rings is 2. The lowest BCUT2D eigenvalue weighted by atomic mass is 10.1. The van der Waals surface area contributed by atoms with Crippen molar-refractivity contribution in [2.75, 3.05) is 6.54 Å². The van der Waals surface area contributed by atoms with Gasteiger partial charge in [-0.3, -0.25) is 4.79 Å². The Bertz CT molecular complexity index is 1150. The van der Waals surface area contributed by atoms with Gasteiger partial charge in [0.25, 0.3) is 11.9 Å². The fraction of sp³-hybridized carbons (Fsp3) is 0.250. The molecule has 0 unspecified atom stereocenters. The highest BCUT2D eigenvalue weighted by atomic mass is 16.7. The number of nitro groups is 1. The highest BCUT2D eigenvalue weighted by molar-refractivity contribution is 5.93. The van der Waals surface area contributed by atoms with Crippen molar-refractivity contribution in [1.82, 2.24) is 25.6 Å². The smallest absolute Gasteiger partial charge is 0.408 e. The van der Waals surface area contributed by atoms with Crippen LogP contribution in [0.2, 0.25) is 0 Å². The van der Waals surface area contributed by atoms with E-state index in [1.165, 1.54) is 0 Å². The topological polar surface area (TPSA) is 180 Å². The van der Waals surface area contributed by atoms with Crippen LogP contribution in [0.5, 0.6) is 0 Å². The molecular formula is C20H22N8O5. The zero-order chi connectivity index (χ0) is 23.6. The summed E-state index contributed by atoms with van der Waals surface area (Å²) in [7, 11) is 0. The second-order valence-corrected chi connectivity index (χ2v) is 6.88. The molecule has 0 aliphatic rings. The van der Waals surface area contributed by atoms with E-state index >= 15 is 0 Å². The van der Waals surface area contributed by atoms with E-state index in [-0.39, 0.29) is 25.5 Å². The quantitative estimate of drug-likeness (QED) is 0.141. The number of alkyl carbamates (subject to hydrolysis) is 1. The first-order valence-corrected chi connectivity index (χ1v) is 9.98. The number of hydrogen-bond acceptors (Lipinski definition) is 7. The minimum absolute atomic E-state index is 0.0370. The number of carbonyl (C=O) groups is 2. The van der Waals surface area contributed by atoms with E-state index in [1.807, 2.05) is 18.2 Å². The summed E-state index contributed by atoms with van der Waals surface area (Å²) in [5, 5.41) is 25.3. The molecule has 172 valence electrons. The van der Waals surface area contributed by atoms with Crippen LogP contribution in [0, 0.1) is 10.1 Å². The molecule has 0 spiro atoms. The van der Waals surface area contributed by atoms with Crippen LogP contribution in [0.15, 0.2) is 59.7 Å². The summed E-state index contributed by atoms with van der Waals surface area (Å²) in [5.74, 6) is -0.868. The number of nitrogens with one attached hydrogen (secondary N) is 2. The van der Waals surface area contributed by atoms with Crippen molar-refractivity contribution < 1.29 is 19.4 Å². The fourth-order valence-corrected chi connectivity index (χ4v) is 2.99. The summed E-state index contributed by atoms with van der Waals surface area (Å²) in [6.07, 6.45) is -0.272. The Morgan fingerprint density at radius 3 is 2.67 bits per heavy atom. The maximum Gasteiger partial charge on any atom is 0.408 e. The van der Waals surface area contributed by atoms with E-state index in [2.05, 4.69) is 26.0 Å². The summed E-state index contributed by atoms with van der Waals surface area (Å²) in [6.45, 7) is 0.223. The maximum atomic E-state index is 13.1. The van der Waals surface area contributed by atoms with Crippen molar-refractivity contribution >= 4 is 29.0 Å². The van der Waals surface area contributed by atoms with Crippen LogP contribution in [-0.2, 0) is 11.3 Å². The van der Waals surface area contributed by atoms with Gasteiger partial charge in [-0.05, 0) is 30.5 Å². The first-order valence-electron chi connectivity index (χ1n) is 9.98. The monoisotopic (exact) mass is 454 g/mol. The number of nitrogens with zero attached hydrogens (tertiary/aromatic N) is 5. The molecule has 2 aromatic carbocycles. The molecule has 1 heterocycles. The van der Waals surface area contributed by atoms with Crippen molar-refractivity contribution in [1.29, 1.82) is 0 Å². The van der Waals surface area contributed by atoms with Crippen molar-refractivity contribution in [2.24, 2.45) is 10.8 Å². The molecule has 13 heteroatoms. The number of ether oxygens (including phenoxy) is 1. The van der Waals surface area contributed by atoms with Crippen LogP contribution in [0.25, 0.3) is 11.0 Å². The Morgan fingerprint density at radius 2 is 1.91 bits per heavy atom. The summed E-state index contributed by atoms with van der Waals surface area (Å²) in [5.41, 5.74) is 7.20. The molecule has 1 atom stereocenters. The molecule has 0 saturated carbocycles. The highest BCUT2D eigenvalue weighted by Crippen LogP contribution is 2.12. The summed E-state index contributed by atoms with van der Waals surface area (Å²) < 4.78 is 6.34. The largest absolute Gasteiger partial charge is 0.445 e. The van der Waals surface area contributed by atoms with Crippen molar-refractivity contribution in [3.63, 3.8) is 0 Å². The normalized spacial score (nSPS) is 12.2. The van der Waals surface area contributed by atoms with E-state index in [0.717, 1.165) is 10.2 Å². The van der Waals surface area contributed by atoms with Gasteiger partial charge in [0, 0.05) is 6.54 Å². The first-order chi connectivity index (χ1) is 15.9. The van der Waals surface area contributed by atoms with Crippen LogP contribution >= 0.6 is 0 Å².